The van der Waals surface area contributed by atoms with Gasteiger partial charge in [-0.05, 0) is 43.6 Å². The van der Waals surface area contributed by atoms with Crippen LogP contribution in [0.3, 0.4) is 0 Å². The number of likely N-dealkylation sites (tertiary alicyclic amines) is 1. The normalized spacial score (nSPS) is 23.7. The molecule has 3 heterocycles. The monoisotopic (exact) mass is 372 g/mol. The summed E-state index contributed by atoms with van der Waals surface area (Å²) in [6.45, 7) is 4.09. The molecule has 144 valence electrons. The van der Waals surface area contributed by atoms with Gasteiger partial charge in [-0.3, -0.25) is 9.69 Å². The van der Waals surface area contributed by atoms with Crippen molar-refractivity contribution < 1.29 is 14.0 Å². The molecule has 27 heavy (non-hydrogen) atoms. The van der Waals surface area contributed by atoms with E-state index in [2.05, 4.69) is 10.2 Å². The van der Waals surface area contributed by atoms with Gasteiger partial charge in [0.2, 0.25) is 0 Å². The number of hydrogen-bond donors (Lipinski definition) is 1. The van der Waals surface area contributed by atoms with Crippen LogP contribution >= 0.6 is 0 Å². The van der Waals surface area contributed by atoms with Crippen molar-refractivity contribution in [3.05, 3.63) is 46.9 Å². The number of benzene rings is 1. The van der Waals surface area contributed by atoms with Crippen molar-refractivity contribution in [1.29, 1.82) is 0 Å². The first-order valence-electron chi connectivity index (χ1n) is 9.59. The predicted octanol–water partition coefficient (Wildman–Crippen LogP) is 2.10. The molecule has 3 amide bonds. The third-order valence-electron chi connectivity index (χ3n) is 5.75. The Kier molecular flexibility index (Phi) is 4.86. The number of amides is 3. The molecule has 1 saturated heterocycles. The molecule has 1 aromatic rings. The zero-order chi connectivity index (χ0) is 19.0. The second-order valence-electron chi connectivity index (χ2n) is 7.49. The number of rotatable bonds is 4. The van der Waals surface area contributed by atoms with Crippen LogP contribution in [0, 0.1) is 5.82 Å². The molecule has 0 spiro atoms. The zero-order valence-corrected chi connectivity index (χ0v) is 15.6. The smallest absolute Gasteiger partial charge is 0.322 e. The SMILES string of the molecule is CN1C(=O)N[C@H](c2cccc(F)c2)C2=C1CN(CCN1CCCCC1)C2=O. The van der Waals surface area contributed by atoms with Gasteiger partial charge in [0.15, 0.2) is 0 Å². The van der Waals surface area contributed by atoms with Gasteiger partial charge in [0.05, 0.1) is 23.9 Å². The number of hydrogen-bond acceptors (Lipinski definition) is 3. The number of nitrogens with zero attached hydrogens (tertiary/aromatic N) is 3. The zero-order valence-electron chi connectivity index (χ0n) is 15.6. The Balaban J connectivity index is 1.54. The first-order chi connectivity index (χ1) is 13.0. The molecule has 3 aliphatic rings. The van der Waals surface area contributed by atoms with Gasteiger partial charge in [-0.2, -0.15) is 0 Å². The summed E-state index contributed by atoms with van der Waals surface area (Å²) in [5.74, 6) is -0.446. The summed E-state index contributed by atoms with van der Waals surface area (Å²) in [5, 5.41) is 2.84. The Morgan fingerprint density at radius 3 is 2.67 bits per heavy atom. The van der Waals surface area contributed by atoms with Crippen LogP contribution in [0.4, 0.5) is 9.18 Å². The molecule has 1 atom stereocenters. The minimum atomic E-state index is -0.605. The van der Waals surface area contributed by atoms with E-state index in [-0.39, 0.29) is 17.8 Å². The van der Waals surface area contributed by atoms with Crippen molar-refractivity contribution in [2.24, 2.45) is 0 Å². The average Bonchev–Trinajstić information content (AvgIpc) is 3.01. The van der Waals surface area contributed by atoms with Crippen LogP contribution < -0.4 is 5.32 Å². The molecule has 1 fully saturated rings. The van der Waals surface area contributed by atoms with Gasteiger partial charge in [0, 0.05) is 20.1 Å². The number of urea groups is 1. The van der Waals surface area contributed by atoms with Gasteiger partial charge < -0.3 is 15.1 Å². The van der Waals surface area contributed by atoms with E-state index in [1.165, 1.54) is 36.3 Å². The fourth-order valence-electron chi connectivity index (χ4n) is 4.19. The second-order valence-corrected chi connectivity index (χ2v) is 7.49. The predicted molar refractivity (Wildman–Crippen MR) is 99.3 cm³/mol. The molecule has 1 N–H and O–H groups in total. The number of piperidine rings is 1. The van der Waals surface area contributed by atoms with Gasteiger partial charge in [-0.25, -0.2) is 9.18 Å². The number of likely N-dealkylation sites (N-methyl/N-ethyl adjacent to an activating group) is 1. The van der Waals surface area contributed by atoms with Crippen molar-refractivity contribution in [3.63, 3.8) is 0 Å². The van der Waals surface area contributed by atoms with E-state index in [1.807, 2.05) is 4.90 Å². The van der Waals surface area contributed by atoms with Crippen molar-refractivity contribution >= 4 is 11.9 Å². The van der Waals surface area contributed by atoms with Gasteiger partial charge in [-0.15, -0.1) is 0 Å². The minimum Gasteiger partial charge on any atom is -0.332 e. The van der Waals surface area contributed by atoms with Crippen LogP contribution in [-0.2, 0) is 4.79 Å². The Morgan fingerprint density at radius 1 is 1.15 bits per heavy atom. The van der Waals surface area contributed by atoms with E-state index < -0.39 is 6.04 Å². The third kappa shape index (κ3) is 3.43. The van der Waals surface area contributed by atoms with Gasteiger partial charge in [0.25, 0.3) is 5.91 Å². The van der Waals surface area contributed by atoms with Crippen LogP contribution in [0.5, 0.6) is 0 Å². The Morgan fingerprint density at radius 2 is 1.93 bits per heavy atom. The maximum atomic E-state index is 13.7. The summed E-state index contributed by atoms with van der Waals surface area (Å²) >= 11 is 0. The van der Waals surface area contributed by atoms with E-state index in [0.29, 0.717) is 24.2 Å². The number of carbonyl (C=O) groups is 2. The first-order valence-corrected chi connectivity index (χ1v) is 9.59. The summed E-state index contributed by atoms with van der Waals surface area (Å²) < 4.78 is 13.7. The maximum absolute atomic E-state index is 13.7. The van der Waals surface area contributed by atoms with Gasteiger partial charge in [-0.1, -0.05) is 18.6 Å². The molecular formula is C20H25FN4O2. The van der Waals surface area contributed by atoms with Gasteiger partial charge in [0.1, 0.15) is 5.82 Å². The molecule has 0 unspecified atom stereocenters. The number of halogens is 1. The summed E-state index contributed by atoms with van der Waals surface area (Å²) in [7, 11) is 1.67. The quantitative estimate of drug-likeness (QED) is 0.881. The molecule has 0 aliphatic carbocycles. The maximum Gasteiger partial charge on any atom is 0.322 e. The lowest BCUT2D eigenvalue weighted by molar-refractivity contribution is -0.126. The van der Waals surface area contributed by atoms with E-state index >= 15 is 0 Å². The molecular weight excluding hydrogens is 347 g/mol. The van der Waals surface area contributed by atoms with Crippen molar-refractivity contribution in [2.75, 3.05) is 39.8 Å². The highest BCUT2D eigenvalue weighted by molar-refractivity contribution is 6.01. The molecule has 0 radical (unpaired) electrons. The third-order valence-corrected chi connectivity index (χ3v) is 5.75. The van der Waals surface area contributed by atoms with Crippen molar-refractivity contribution in [3.8, 4) is 0 Å². The number of carbonyl (C=O) groups excluding carboxylic acids is 2. The molecule has 4 rings (SSSR count). The Bertz CT molecular complexity index is 788. The van der Waals surface area contributed by atoms with Crippen LogP contribution in [0.15, 0.2) is 35.5 Å². The molecule has 0 saturated carbocycles. The topological polar surface area (TPSA) is 55.9 Å². The van der Waals surface area contributed by atoms with Crippen LogP contribution in [0.1, 0.15) is 30.9 Å². The second kappa shape index (κ2) is 7.31. The molecule has 6 nitrogen and oxygen atoms in total. The summed E-state index contributed by atoms with van der Waals surface area (Å²) in [5.41, 5.74) is 1.87. The molecule has 0 aromatic heterocycles. The molecule has 3 aliphatic heterocycles. The van der Waals surface area contributed by atoms with Gasteiger partial charge >= 0.3 is 6.03 Å². The summed E-state index contributed by atoms with van der Waals surface area (Å²) in [4.78, 5) is 31.2. The van der Waals surface area contributed by atoms with E-state index in [4.69, 9.17) is 0 Å². The number of nitrogens with one attached hydrogen (secondary N) is 1. The van der Waals surface area contributed by atoms with E-state index in [9.17, 15) is 14.0 Å². The fraction of sp³-hybridized carbons (Fsp3) is 0.500. The Labute approximate surface area is 158 Å². The van der Waals surface area contributed by atoms with E-state index in [1.54, 1.807) is 19.2 Å². The van der Waals surface area contributed by atoms with Crippen molar-refractivity contribution in [1.82, 2.24) is 20.0 Å². The highest BCUT2D eigenvalue weighted by atomic mass is 19.1. The van der Waals surface area contributed by atoms with Crippen molar-refractivity contribution in [2.45, 2.75) is 25.3 Å². The van der Waals surface area contributed by atoms with E-state index in [0.717, 1.165) is 25.3 Å². The molecule has 7 heteroatoms. The summed E-state index contributed by atoms with van der Waals surface area (Å²) in [6.07, 6.45) is 3.71. The first kappa shape index (κ1) is 18.0. The lowest BCUT2D eigenvalue weighted by Gasteiger charge is -2.31. The lowest BCUT2D eigenvalue weighted by atomic mass is 9.96. The largest absolute Gasteiger partial charge is 0.332 e. The van der Waals surface area contributed by atoms with Crippen LogP contribution in [0.25, 0.3) is 0 Å². The highest BCUT2D eigenvalue weighted by Crippen LogP contribution is 2.35. The van der Waals surface area contributed by atoms with Crippen LogP contribution in [0.2, 0.25) is 0 Å². The van der Waals surface area contributed by atoms with Crippen LogP contribution in [-0.4, -0.2) is 66.4 Å². The lowest BCUT2D eigenvalue weighted by Crippen LogP contribution is -2.45. The molecule has 0 bridgehead atoms. The Hall–Kier alpha value is -2.41. The summed E-state index contributed by atoms with van der Waals surface area (Å²) in [6, 6.07) is 5.21. The average molecular weight is 372 g/mol. The minimum absolute atomic E-state index is 0.0666. The fourth-order valence-corrected chi connectivity index (χ4v) is 4.19. The highest BCUT2D eigenvalue weighted by Gasteiger charge is 2.42. The molecule has 1 aromatic carbocycles. The standard InChI is InChI=1S/C20H25FN4O2/c1-23-16-13-25(11-10-24-8-3-2-4-9-24)19(26)17(16)18(22-20(23)27)14-6-5-7-15(21)12-14/h5-7,12,18H,2-4,8-11,13H2,1H3,(H,22,27)/t18-/m1/s1.